The van der Waals surface area contributed by atoms with Gasteiger partial charge in [-0.05, 0) is 27.9 Å². The molecule has 1 atom stereocenters. The van der Waals surface area contributed by atoms with Crippen molar-refractivity contribution in [3.8, 4) is 0 Å². The molecule has 0 fully saturated rings. The van der Waals surface area contributed by atoms with Crippen LogP contribution in [0.1, 0.15) is 20.3 Å². The molecule has 0 spiro atoms. The first-order valence-electron chi connectivity index (χ1n) is 5.53. The van der Waals surface area contributed by atoms with Crippen LogP contribution in [-0.2, 0) is 4.79 Å². The van der Waals surface area contributed by atoms with E-state index in [1.807, 2.05) is 13.8 Å². The zero-order valence-corrected chi connectivity index (χ0v) is 11.3. The minimum absolute atomic E-state index is 0.0248. The lowest BCUT2D eigenvalue weighted by molar-refractivity contribution is -0.116. The first-order valence-corrected chi connectivity index (χ1v) is 6.32. The highest BCUT2D eigenvalue weighted by molar-refractivity contribution is 9.10. The van der Waals surface area contributed by atoms with Gasteiger partial charge in [-0.1, -0.05) is 13.8 Å². The maximum absolute atomic E-state index is 13.5. The molecule has 2 N–H and O–H groups in total. The molecule has 5 heteroatoms. The Bertz CT molecular complexity index is 462. The molecule has 0 saturated heterocycles. The summed E-state index contributed by atoms with van der Waals surface area (Å²) < 4.78 is 13.8. The molecule has 92 valence electrons. The Hall–Kier alpha value is -1.10. The number of fused-ring (bicyclic) bond motifs is 1. The molecule has 2 rings (SSSR count). The lowest BCUT2D eigenvalue weighted by atomic mass is 10.0. The average Bonchev–Trinajstić information content (AvgIpc) is 2.38. The lowest BCUT2D eigenvalue weighted by Gasteiger charge is -2.20. The Morgan fingerprint density at radius 1 is 1.41 bits per heavy atom. The maximum atomic E-state index is 13.5. The van der Waals surface area contributed by atoms with Crippen LogP contribution in [0.2, 0.25) is 0 Å². The highest BCUT2D eigenvalue weighted by Gasteiger charge is 2.23. The number of amides is 1. The maximum Gasteiger partial charge on any atom is 0.226 e. The van der Waals surface area contributed by atoms with Gasteiger partial charge >= 0.3 is 0 Å². The summed E-state index contributed by atoms with van der Waals surface area (Å²) in [6.07, 6.45) is 0.394. The summed E-state index contributed by atoms with van der Waals surface area (Å²) in [5.74, 6) is -0.0817. The molecule has 1 aromatic rings. The Labute approximate surface area is 108 Å². The van der Waals surface area contributed by atoms with Gasteiger partial charge in [0, 0.05) is 18.5 Å². The molecule has 0 saturated carbocycles. The van der Waals surface area contributed by atoms with E-state index in [0.29, 0.717) is 28.2 Å². The summed E-state index contributed by atoms with van der Waals surface area (Å²) >= 11 is 3.11. The predicted molar refractivity (Wildman–Crippen MR) is 69.6 cm³/mol. The van der Waals surface area contributed by atoms with Gasteiger partial charge in [-0.3, -0.25) is 4.79 Å². The second-order valence-electron chi connectivity index (χ2n) is 4.56. The predicted octanol–water partition coefficient (Wildman–Crippen LogP) is 3.37. The average molecular weight is 301 g/mol. The SMILES string of the molecule is CC(C)C1CC(=O)Nc2cc(Br)c(F)cc2N1. The second kappa shape index (κ2) is 4.64. The van der Waals surface area contributed by atoms with E-state index in [1.54, 1.807) is 6.07 Å². The van der Waals surface area contributed by atoms with Crippen molar-refractivity contribution >= 4 is 33.2 Å². The number of nitrogens with one attached hydrogen (secondary N) is 2. The molecule has 3 nitrogen and oxygen atoms in total. The summed E-state index contributed by atoms with van der Waals surface area (Å²) in [5, 5.41) is 5.99. The van der Waals surface area contributed by atoms with Gasteiger partial charge in [-0.2, -0.15) is 0 Å². The van der Waals surface area contributed by atoms with Gasteiger partial charge in [0.2, 0.25) is 5.91 Å². The van der Waals surface area contributed by atoms with Crippen molar-refractivity contribution in [2.45, 2.75) is 26.3 Å². The van der Waals surface area contributed by atoms with Crippen molar-refractivity contribution in [1.82, 2.24) is 0 Å². The summed E-state index contributed by atoms with van der Waals surface area (Å²) in [6.45, 7) is 4.07. The zero-order valence-electron chi connectivity index (χ0n) is 9.68. The van der Waals surface area contributed by atoms with Gasteiger partial charge in [0.1, 0.15) is 5.82 Å². The van der Waals surface area contributed by atoms with Crippen molar-refractivity contribution in [1.29, 1.82) is 0 Å². The minimum Gasteiger partial charge on any atom is -0.380 e. The number of benzene rings is 1. The molecule has 17 heavy (non-hydrogen) atoms. The van der Waals surface area contributed by atoms with Crippen molar-refractivity contribution in [3.05, 3.63) is 22.4 Å². The van der Waals surface area contributed by atoms with Crippen LogP contribution in [0.3, 0.4) is 0 Å². The first kappa shape index (κ1) is 12.4. The largest absolute Gasteiger partial charge is 0.380 e. The van der Waals surface area contributed by atoms with Gasteiger partial charge in [0.05, 0.1) is 15.8 Å². The van der Waals surface area contributed by atoms with Gasteiger partial charge in [-0.25, -0.2) is 4.39 Å². The third-order valence-electron chi connectivity index (χ3n) is 2.89. The van der Waals surface area contributed by atoms with E-state index in [2.05, 4.69) is 26.6 Å². The molecule has 1 aliphatic rings. The molecule has 0 aromatic heterocycles. The summed E-state index contributed by atoms with van der Waals surface area (Å²) in [6, 6.07) is 3.01. The van der Waals surface area contributed by atoms with Crippen LogP contribution >= 0.6 is 15.9 Å². The van der Waals surface area contributed by atoms with Gasteiger partial charge in [-0.15, -0.1) is 0 Å². The van der Waals surface area contributed by atoms with Crippen LogP contribution in [0.15, 0.2) is 16.6 Å². The number of carbonyl (C=O) groups is 1. The van der Waals surface area contributed by atoms with Crippen LogP contribution in [0.4, 0.5) is 15.8 Å². The third kappa shape index (κ3) is 2.60. The number of halogens is 2. The molecule has 1 aliphatic heterocycles. The Balaban J connectivity index is 2.41. The number of hydrogen-bond donors (Lipinski definition) is 2. The van der Waals surface area contributed by atoms with Gasteiger partial charge in [0.25, 0.3) is 0 Å². The van der Waals surface area contributed by atoms with Crippen molar-refractivity contribution < 1.29 is 9.18 Å². The molecule has 1 unspecified atom stereocenters. The van der Waals surface area contributed by atoms with E-state index >= 15 is 0 Å². The summed E-state index contributed by atoms with van der Waals surface area (Å²) in [7, 11) is 0. The van der Waals surface area contributed by atoms with E-state index in [-0.39, 0.29) is 17.8 Å². The minimum atomic E-state index is -0.338. The molecule has 0 bridgehead atoms. The second-order valence-corrected chi connectivity index (χ2v) is 5.41. The number of rotatable bonds is 1. The molecule has 1 amide bonds. The van der Waals surface area contributed by atoms with E-state index in [0.717, 1.165) is 0 Å². The molecule has 1 aromatic carbocycles. The van der Waals surface area contributed by atoms with E-state index in [4.69, 9.17) is 0 Å². The molecule has 1 heterocycles. The standard InChI is InChI=1S/C12H14BrFN2O/c1-6(2)9-5-12(17)16-10-3-7(13)8(14)4-11(10)15-9/h3-4,6,9,15H,5H2,1-2H3,(H,16,17). The van der Waals surface area contributed by atoms with Gasteiger partial charge < -0.3 is 10.6 Å². The molecular formula is C12H14BrFN2O. The Kier molecular flexibility index (Phi) is 3.38. The summed E-state index contributed by atoms with van der Waals surface area (Å²) in [4.78, 5) is 11.7. The monoisotopic (exact) mass is 300 g/mol. The molecule has 0 radical (unpaired) electrons. The van der Waals surface area contributed by atoms with E-state index in [9.17, 15) is 9.18 Å². The smallest absolute Gasteiger partial charge is 0.226 e. The van der Waals surface area contributed by atoms with Crippen molar-refractivity contribution in [2.24, 2.45) is 5.92 Å². The lowest BCUT2D eigenvalue weighted by Crippen LogP contribution is -2.27. The fourth-order valence-electron chi connectivity index (χ4n) is 1.82. The summed E-state index contributed by atoms with van der Waals surface area (Å²) in [5.41, 5.74) is 1.25. The van der Waals surface area contributed by atoms with E-state index in [1.165, 1.54) is 6.07 Å². The number of carbonyl (C=O) groups excluding carboxylic acids is 1. The van der Waals surface area contributed by atoms with Crippen LogP contribution in [0.5, 0.6) is 0 Å². The van der Waals surface area contributed by atoms with Crippen molar-refractivity contribution in [2.75, 3.05) is 10.6 Å². The fraction of sp³-hybridized carbons (Fsp3) is 0.417. The molecule has 0 aliphatic carbocycles. The van der Waals surface area contributed by atoms with Gasteiger partial charge in [0.15, 0.2) is 0 Å². The molecular weight excluding hydrogens is 287 g/mol. The first-order chi connectivity index (χ1) is 7.97. The zero-order chi connectivity index (χ0) is 12.6. The third-order valence-corrected chi connectivity index (χ3v) is 3.49. The number of hydrogen-bond acceptors (Lipinski definition) is 2. The normalized spacial score (nSPS) is 19.4. The fourth-order valence-corrected chi connectivity index (χ4v) is 2.17. The van der Waals surface area contributed by atoms with Crippen LogP contribution < -0.4 is 10.6 Å². The quantitative estimate of drug-likeness (QED) is 0.835. The highest BCUT2D eigenvalue weighted by Crippen LogP contribution is 2.32. The van der Waals surface area contributed by atoms with Crippen LogP contribution in [0, 0.1) is 11.7 Å². The Morgan fingerprint density at radius 2 is 2.12 bits per heavy atom. The highest BCUT2D eigenvalue weighted by atomic mass is 79.9. The topological polar surface area (TPSA) is 41.1 Å². The van der Waals surface area contributed by atoms with Crippen molar-refractivity contribution in [3.63, 3.8) is 0 Å². The van der Waals surface area contributed by atoms with E-state index < -0.39 is 0 Å². The van der Waals surface area contributed by atoms with Crippen LogP contribution in [-0.4, -0.2) is 11.9 Å². The number of anilines is 2. The Morgan fingerprint density at radius 3 is 2.76 bits per heavy atom. The van der Waals surface area contributed by atoms with Crippen LogP contribution in [0.25, 0.3) is 0 Å².